The largest absolute Gasteiger partial charge is 0.326 e. The molecule has 98 valence electrons. The van der Waals surface area contributed by atoms with Gasteiger partial charge in [0.1, 0.15) is 4.90 Å². The summed E-state index contributed by atoms with van der Waals surface area (Å²) in [5.74, 6) is 0. The molecule has 1 rings (SSSR count). The van der Waals surface area contributed by atoms with E-state index in [1.54, 1.807) is 0 Å². The lowest BCUT2D eigenvalue weighted by Gasteiger charge is -2.20. The van der Waals surface area contributed by atoms with Gasteiger partial charge < -0.3 is 5.73 Å². The predicted octanol–water partition coefficient (Wildman–Crippen LogP) is 1.94. The van der Waals surface area contributed by atoms with Crippen molar-refractivity contribution >= 4 is 21.4 Å². The van der Waals surface area contributed by atoms with Crippen LogP contribution in [0.5, 0.6) is 0 Å². The van der Waals surface area contributed by atoms with E-state index < -0.39 is 10.0 Å². The Bertz CT molecular complexity index is 466. The molecule has 4 nitrogen and oxygen atoms in total. The number of aryl methyl sites for hydroxylation is 1. The molecule has 0 aromatic carbocycles. The lowest BCUT2D eigenvalue weighted by molar-refractivity contribution is 0.426. The van der Waals surface area contributed by atoms with Crippen LogP contribution in [0.1, 0.15) is 30.7 Å². The molecule has 0 radical (unpaired) electrons. The SMILES string of the molecule is CCCN(CC)S(=O)(=O)c1c(C)csc1CN. The molecule has 0 spiro atoms. The molecule has 0 saturated heterocycles. The molecule has 1 heterocycles. The minimum atomic E-state index is -3.38. The van der Waals surface area contributed by atoms with E-state index in [4.69, 9.17) is 5.73 Å². The Morgan fingerprint density at radius 2 is 2.06 bits per heavy atom. The summed E-state index contributed by atoms with van der Waals surface area (Å²) >= 11 is 1.42. The van der Waals surface area contributed by atoms with Crippen LogP contribution in [0.3, 0.4) is 0 Å². The van der Waals surface area contributed by atoms with Gasteiger partial charge in [-0.15, -0.1) is 11.3 Å². The molecule has 0 atom stereocenters. The number of rotatable bonds is 6. The average Bonchev–Trinajstić information content (AvgIpc) is 2.67. The standard InChI is InChI=1S/C11H20N2O2S2/c1-4-6-13(5-2)17(14,15)11-9(3)8-16-10(11)7-12/h8H,4-7,12H2,1-3H3. The summed E-state index contributed by atoms with van der Waals surface area (Å²) < 4.78 is 26.5. The van der Waals surface area contributed by atoms with Gasteiger partial charge in [0, 0.05) is 24.5 Å². The van der Waals surface area contributed by atoms with Crippen molar-refractivity contribution in [1.29, 1.82) is 0 Å². The molecule has 0 bridgehead atoms. The zero-order valence-electron chi connectivity index (χ0n) is 10.6. The molecular weight excluding hydrogens is 256 g/mol. The third-order valence-electron chi connectivity index (χ3n) is 2.60. The molecule has 1 aromatic rings. The van der Waals surface area contributed by atoms with Crippen molar-refractivity contribution in [3.63, 3.8) is 0 Å². The number of nitrogens with zero attached hydrogens (tertiary/aromatic N) is 1. The summed E-state index contributed by atoms with van der Waals surface area (Å²) in [6.45, 7) is 6.98. The molecule has 0 saturated carbocycles. The smallest absolute Gasteiger partial charge is 0.244 e. The normalized spacial score (nSPS) is 12.3. The van der Waals surface area contributed by atoms with E-state index in [2.05, 4.69) is 0 Å². The van der Waals surface area contributed by atoms with Gasteiger partial charge in [-0.25, -0.2) is 8.42 Å². The number of sulfonamides is 1. The van der Waals surface area contributed by atoms with Crippen molar-refractivity contribution in [1.82, 2.24) is 4.31 Å². The Morgan fingerprint density at radius 1 is 1.41 bits per heavy atom. The van der Waals surface area contributed by atoms with E-state index in [0.717, 1.165) is 16.9 Å². The first-order chi connectivity index (χ1) is 7.98. The summed E-state index contributed by atoms with van der Waals surface area (Å²) in [4.78, 5) is 1.16. The average molecular weight is 276 g/mol. The lowest BCUT2D eigenvalue weighted by Crippen LogP contribution is -2.32. The second-order valence-corrected chi connectivity index (χ2v) is 6.71. The van der Waals surface area contributed by atoms with E-state index in [0.29, 0.717) is 18.0 Å². The van der Waals surface area contributed by atoms with Gasteiger partial charge in [-0.2, -0.15) is 4.31 Å². The maximum Gasteiger partial charge on any atom is 0.244 e. The van der Waals surface area contributed by atoms with Gasteiger partial charge in [0.05, 0.1) is 0 Å². The minimum Gasteiger partial charge on any atom is -0.326 e. The fourth-order valence-electron chi connectivity index (χ4n) is 1.80. The Labute approximate surface area is 107 Å². The van der Waals surface area contributed by atoms with Crippen LogP contribution < -0.4 is 5.73 Å². The second kappa shape index (κ2) is 5.95. The van der Waals surface area contributed by atoms with Gasteiger partial charge in [-0.1, -0.05) is 13.8 Å². The highest BCUT2D eigenvalue weighted by Crippen LogP contribution is 2.29. The van der Waals surface area contributed by atoms with Gasteiger partial charge in [-0.05, 0) is 24.3 Å². The van der Waals surface area contributed by atoms with Crippen LogP contribution in [0.25, 0.3) is 0 Å². The molecule has 1 aromatic heterocycles. The second-order valence-electron chi connectivity index (χ2n) is 3.87. The summed E-state index contributed by atoms with van der Waals surface area (Å²) in [5, 5.41) is 1.86. The van der Waals surface area contributed by atoms with Gasteiger partial charge in [0.25, 0.3) is 0 Å². The fourth-order valence-corrected chi connectivity index (χ4v) is 5.00. The lowest BCUT2D eigenvalue weighted by atomic mass is 10.3. The first-order valence-corrected chi connectivity index (χ1v) is 8.08. The van der Waals surface area contributed by atoms with Crippen molar-refractivity contribution in [2.45, 2.75) is 38.6 Å². The highest BCUT2D eigenvalue weighted by Gasteiger charge is 2.27. The molecule has 0 amide bonds. The molecule has 0 unspecified atom stereocenters. The minimum absolute atomic E-state index is 0.275. The molecule has 2 N–H and O–H groups in total. The summed E-state index contributed by atoms with van der Waals surface area (Å²) in [5.41, 5.74) is 6.40. The Hall–Kier alpha value is -0.430. The molecule has 0 aliphatic rings. The Morgan fingerprint density at radius 3 is 2.53 bits per heavy atom. The summed E-state index contributed by atoms with van der Waals surface area (Å²) in [6.07, 6.45) is 0.814. The van der Waals surface area contributed by atoms with Gasteiger partial charge in [0.15, 0.2) is 0 Å². The quantitative estimate of drug-likeness (QED) is 0.863. The van der Waals surface area contributed by atoms with Crippen molar-refractivity contribution in [3.8, 4) is 0 Å². The highest BCUT2D eigenvalue weighted by atomic mass is 32.2. The maximum absolute atomic E-state index is 12.5. The Balaban J connectivity index is 3.24. The van der Waals surface area contributed by atoms with E-state index in [-0.39, 0.29) is 6.54 Å². The fraction of sp³-hybridized carbons (Fsp3) is 0.636. The number of nitrogens with two attached hydrogens (primary N) is 1. The zero-order valence-corrected chi connectivity index (χ0v) is 12.2. The van der Waals surface area contributed by atoms with Crippen LogP contribution in [0.2, 0.25) is 0 Å². The number of hydrogen-bond donors (Lipinski definition) is 1. The molecule has 17 heavy (non-hydrogen) atoms. The third-order valence-corrected chi connectivity index (χ3v) is 6.06. The molecule has 0 aliphatic heterocycles. The molecule has 6 heteroatoms. The van der Waals surface area contributed by atoms with Crippen LogP contribution in [-0.4, -0.2) is 25.8 Å². The van der Waals surface area contributed by atoms with Crippen molar-refractivity contribution in [2.75, 3.05) is 13.1 Å². The molecule has 0 aliphatic carbocycles. The highest BCUT2D eigenvalue weighted by molar-refractivity contribution is 7.89. The number of hydrogen-bond acceptors (Lipinski definition) is 4. The van der Waals surface area contributed by atoms with Crippen LogP contribution in [0, 0.1) is 6.92 Å². The summed E-state index contributed by atoms with van der Waals surface area (Å²) in [6, 6.07) is 0. The van der Waals surface area contributed by atoms with E-state index >= 15 is 0 Å². The monoisotopic (exact) mass is 276 g/mol. The number of thiophene rings is 1. The van der Waals surface area contributed by atoms with Crippen LogP contribution in [0.4, 0.5) is 0 Å². The molecule has 0 fully saturated rings. The maximum atomic E-state index is 12.5. The van der Waals surface area contributed by atoms with Crippen LogP contribution in [-0.2, 0) is 16.6 Å². The van der Waals surface area contributed by atoms with Crippen molar-refractivity contribution < 1.29 is 8.42 Å². The first-order valence-electron chi connectivity index (χ1n) is 5.76. The predicted molar refractivity (Wildman–Crippen MR) is 71.7 cm³/mol. The van der Waals surface area contributed by atoms with Crippen LogP contribution >= 0.6 is 11.3 Å². The van der Waals surface area contributed by atoms with Gasteiger partial charge in [-0.3, -0.25) is 0 Å². The third kappa shape index (κ3) is 2.88. The van der Waals surface area contributed by atoms with Crippen molar-refractivity contribution in [3.05, 3.63) is 15.8 Å². The topological polar surface area (TPSA) is 63.4 Å². The molecular formula is C11H20N2O2S2. The van der Waals surface area contributed by atoms with Gasteiger partial charge >= 0.3 is 0 Å². The summed E-state index contributed by atoms with van der Waals surface area (Å²) in [7, 11) is -3.38. The van der Waals surface area contributed by atoms with Gasteiger partial charge in [0.2, 0.25) is 10.0 Å². The van der Waals surface area contributed by atoms with Crippen molar-refractivity contribution in [2.24, 2.45) is 5.73 Å². The Kier molecular flexibility index (Phi) is 5.12. The van der Waals surface area contributed by atoms with E-state index in [1.165, 1.54) is 15.6 Å². The van der Waals surface area contributed by atoms with E-state index in [1.807, 2.05) is 26.2 Å². The zero-order chi connectivity index (χ0) is 13.1. The first kappa shape index (κ1) is 14.6. The van der Waals surface area contributed by atoms with Crippen LogP contribution in [0.15, 0.2) is 10.3 Å². The van der Waals surface area contributed by atoms with E-state index in [9.17, 15) is 8.42 Å².